The van der Waals surface area contributed by atoms with Gasteiger partial charge in [-0.25, -0.2) is 22.9 Å². The fraction of sp³-hybridized carbons (Fsp3) is 0.280. The van der Waals surface area contributed by atoms with Gasteiger partial charge in [0.05, 0.1) is 0 Å². The standard InChI is InChI=1S/C25H22F6N4O3/c26-12-15-35-14-11-24(35,22(27)28)18-4-1-2-6-20(18)37-21-19(5-3-13-32-21)34-23(36)33-16-7-9-17(10-8-16)38-25(29,30)31/h1-10,13,22H,11-12,14-15H2,(H2,33,34,36). The van der Waals surface area contributed by atoms with Crippen molar-refractivity contribution >= 4 is 17.4 Å². The minimum atomic E-state index is -4.85. The van der Waals surface area contributed by atoms with E-state index in [0.717, 1.165) is 12.1 Å². The highest BCUT2D eigenvalue weighted by atomic mass is 19.4. The maximum absolute atomic E-state index is 14.3. The van der Waals surface area contributed by atoms with Gasteiger partial charge in [-0.1, -0.05) is 18.2 Å². The molecule has 2 amide bonds. The van der Waals surface area contributed by atoms with Crippen LogP contribution in [-0.2, 0) is 5.54 Å². The Morgan fingerprint density at radius 1 is 1.05 bits per heavy atom. The number of carbonyl (C=O) groups excluding carboxylic acids is 1. The van der Waals surface area contributed by atoms with E-state index in [1.54, 1.807) is 12.1 Å². The topological polar surface area (TPSA) is 75.7 Å². The first-order chi connectivity index (χ1) is 18.1. The van der Waals surface area contributed by atoms with Crippen LogP contribution in [-0.4, -0.2) is 48.5 Å². The summed E-state index contributed by atoms with van der Waals surface area (Å²) in [7, 11) is 0. The van der Waals surface area contributed by atoms with Gasteiger partial charge in [-0.05, 0) is 48.9 Å². The van der Waals surface area contributed by atoms with E-state index in [2.05, 4.69) is 20.4 Å². The van der Waals surface area contributed by atoms with Gasteiger partial charge in [0.2, 0.25) is 5.88 Å². The lowest BCUT2D eigenvalue weighted by atomic mass is 9.78. The van der Waals surface area contributed by atoms with E-state index in [1.807, 2.05) is 0 Å². The first-order valence-electron chi connectivity index (χ1n) is 11.4. The van der Waals surface area contributed by atoms with Crippen molar-refractivity contribution in [3.8, 4) is 17.4 Å². The number of ether oxygens (including phenoxy) is 2. The molecule has 1 fully saturated rings. The number of urea groups is 1. The number of aromatic nitrogens is 1. The molecule has 38 heavy (non-hydrogen) atoms. The molecule has 0 aliphatic carbocycles. The summed E-state index contributed by atoms with van der Waals surface area (Å²) < 4.78 is 88.3. The van der Waals surface area contributed by atoms with Crippen molar-refractivity contribution < 1.29 is 40.6 Å². The van der Waals surface area contributed by atoms with Crippen molar-refractivity contribution in [2.75, 3.05) is 30.4 Å². The number of alkyl halides is 6. The minimum Gasteiger partial charge on any atom is -0.437 e. The van der Waals surface area contributed by atoms with Gasteiger partial charge in [-0.15, -0.1) is 13.2 Å². The third-order valence-electron chi connectivity index (χ3n) is 5.97. The van der Waals surface area contributed by atoms with Crippen molar-refractivity contribution in [1.29, 1.82) is 0 Å². The minimum absolute atomic E-state index is 0.0683. The molecule has 0 bridgehead atoms. The third-order valence-corrected chi connectivity index (χ3v) is 5.97. The number of benzene rings is 2. The number of hydrogen-bond acceptors (Lipinski definition) is 5. The molecule has 3 aromatic rings. The largest absolute Gasteiger partial charge is 0.573 e. The number of para-hydroxylation sites is 1. The molecule has 1 aliphatic heterocycles. The average Bonchev–Trinajstić information content (AvgIpc) is 2.84. The molecule has 2 aromatic carbocycles. The molecule has 7 nitrogen and oxygen atoms in total. The molecule has 2 N–H and O–H groups in total. The molecule has 0 saturated carbocycles. The van der Waals surface area contributed by atoms with Crippen molar-refractivity contribution in [2.24, 2.45) is 0 Å². The van der Waals surface area contributed by atoms with E-state index in [1.165, 1.54) is 47.5 Å². The first-order valence-corrected chi connectivity index (χ1v) is 11.4. The van der Waals surface area contributed by atoms with Gasteiger partial charge in [0.1, 0.15) is 29.4 Å². The Hall–Kier alpha value is -4.00. The average molecular weight is 540 g/mol. The predicted molar refractivity (Wildman–Crippen MR) is 126 cm³/mol. The molecule has 13 heteroatoms. The highest BCUT2D eigenvalue weighted by molar-refractivity contribution is 6.00. The number of likely N-dealkylation sites (tertiary alicyclic amines) is 1. The second-order valence-corrected chi connectivity index (χ2v) is 8.26. The summed E-state index contributed by atoms with van der Waals surface area (Å²) in [6.45, 7) is -0.625. The molecule has 202 valence electrons. The summed E-state index contributed by atoms with van der Waals surface area (Å²) in [5, 5.41) is 4.96. The molecular weight excluding hydrogens is 518 g/mol. The fourth-order valence-corrected chi connectivity index (χ4v) is 4.20. The molecule has 1 saturated heterocycles. The second kappa shape index (κ2) is 11.2. The quantitative estimate of drug-likeness (QED) is 0.301. The lowest BCUT2D eigenvalue weighted by molar-refractivity contribution is -0.274. The Labute approximate surface area is 213 Å². The summed E-state index contributed by atoms with van der Waals surface area (Å²) >= 11 is 0. The molecule has 1 atom stereocenters. The van der Waals surface area contributed by atoms with E-state index < -0.39 is 36.8 Å². The number of pyridine rings is 1. The van der Waals surface area contributed by atoms with Crippen LogP contribution in [0.1, 0.15) is 12.0 Å². The highest BCUT2D eigenvalue weighted by Crippen LogP contribution is 2.49. The zero-order chi connectivity index (χ0) is 27.3. The van der Waals surface area contributed by atoms with Crippen LogP contribution in [0.5, 0.6) is 17.4 Å². The first kappa shape index (κ1) is 27.0. The summed E-state index contributed by atoms with van der Waals surface area (Å²) in [6, 6.07) is 12.8. The van der Waals surface area contributed by atoms with Gasteiger partial charge in [0.25, 0.3) is 6.43 Å². The van der Waals surface area contributed by atoms with E-state index in [9.17, 15) is 31.1 Å². The van der Waals surface area contributed by atoms with Gasteiger partial charge in [-0.3, -0.25) is 4.90 Å². The van der Waals surface area contributed by atoms with Gasteiger partial charge < -0.3 is 20.1 Å². The smallest absolute Gasteiger partial charge is 0.437 e. The van der Waals surface area contributed by atoms with E-state index in [4.69, 9.17) is 4.74 Å². The normalized spacial score (nSPS) is 17.6. The number of anilines is 2. The SMILES string of the molecule is O=C(Nc1ccc(OC(F)(F)F)cc1)Nc1cccnc1Oc1ccccc1C1(C(F)F)CCN1CCF. The molecule has 2 heterocycles. The summed E-state index contributed by atoms with van der Waals surface area (Å²) in [6.07, 6.45) is -6.18. The van der Waals surface area contributed by atoms with E-state index in [0.29, 0.717) is 6.54 Å². The molecular formula is C25H22F6N4O3. The molecule has 4 rings (SSSR count). The predicted octanol–water partition coefficient (Wildman–Crippen LogP) is 6.55. The van der Waals surface area contributed by atoms with Gasteiger partial charge in [0, 0.05) is 30.5 Å². The number of amides is 2. The lowest BCUT2D eigenvalue weighted by Gasteiger charge is -2.52. The lowest BCUT2D eigenvalue weighted by Crippen LogP contribution is -2.62. The molecule has 0 radical (unpaired) electrons. The van der Waals surface area contributed by atoms with Gasteiger partial charge in [0.15, 0.2) is 0 Å². The van der Waals surface area contributed by atoms with Gasteiger partial charge in [-0.2, -0.15) is 0 Å². The van der Waals surface area contributed by atoms with Crippen LogP contribution >= 0.6 is 0 Å². The van der Waals surface area contributed by atoms with Crippen LogP contribution in [0, 0.1) is 0 Å². The number of nitrogens with zero attached hydrogens (tertiary/aromatic N) is 2. The van der Waals surface area contributed by atoms with Crippen LogP contribution in [0.4, 0.5) is 42.5 Å². The Balaban J connectivity index is 1.51. The van der Waals surface area contributed by atoms with Crippen LogP contribution < -0.4 is 20.1 Å². The number of nitrogens with one attached hydrogen (secondary N) is 2. The molecule has 1 unspecified atom stereocenters. The summed E-state index contributed by atoms with van der Waals surface area (Å²) in [5.74, 6) is -0.480. The summed E-state index contributed by atoms with van der Waals surface area (Å²) in [5.41, 5.74) is -1.29. The Morgan fingerprint density at radius 3 is 2.42 bits per heavy atom. The fourth-order valence-electron chi connectivity index (χ4n) is 4.20. The maximum Gasteiger partial charge on any atom is 0.573 e. The van der Waals surface area contributed by atoms with E-state index in [-0.39, 0.29) is 41.5 Å². The summed E-state index contributed by atoms with van der Waals surface area (Å²) in [4.78, 5) is 18.0. The molecule has 0 spiro atoms. The number of halogens is 6. The van der Waals surface area contributed by atoms with Crippen molar-refractivity contribution in [3.05, 3.63) is 72.4 Å². The van der Waals surface area contributed by atoms with Crippen LogP contribution in [0.3, 0.4) is 0 Å². The molecule has 1 aromatic heterocycles. The zero-order valence-electron chi connectivity index (χ0n) is 19.6. The van der Waals surface area contributed by atoms with Crippen molar-refractivity contribution in [2.45, 2.75) is 24.7 Å². The van der Waals surface area contributed by atoms with Crippen LogP contribution in [0.15, 0.2) is 66.9 Å². The Kier molecular flexibility index (Phi) is 7.95. The van der Waals surface area contributed by atoms with Crippen molar-refractivity contribution in [3.63, 3.8) is 0 Å². The maximum atomic E-state index is 14.3. The van der Waals surface area contributed by atoms with Crippen LogP contribution in [0.2, 0.25) is 0 Å². The third kappa shape index (κ3) is 5.93. The van der Waals surface area contributed by atoms with Crippen LogP contribution in [0.25, 0.3) is 0 Å². The number of rotatable bonds is 9. The second-order valence-electron chi connectivity index (χ2n) is 8.26. The zero-order valence-corrected chi connectivity index (χ0v) is 19.6. The number of carbonyl (C=O) groups is 1. The Morgan fingerprint density at radius 2 is 1.79 bits per heavy atom. The highest BCUT2D eigenvalue weighted by Gasteiger charge is 2.54. The van der Waals surface area contributed by atoms with Crippen molar-refractivity contribution in [1.82, 2.24) is 9.88 Å². The Bertz CT molecular complexity index is 1260. The van der Waals surface area contributed by atoms with E-state index >= 15 is 0 Å². The monoisotopic (exact) mass is 540 g/mol. The molecule has 1 aliphatic rings. The number of hydrogen-bond donors (Lipinski definition) is 2. The van der Waals surface area contributed by atoms with Gasteiger partial charge >= 0.3 is 12.4 Å².